The first kappa shape index (κ1) is 13.8. The summed E-state index contributed by atoms with van der Waals surface area (Å²) in [6.07, 6.45) is 0. The average Bonchev–Trinajstić information content (AvgIpc) is 2.68. The summed E-state index contributed by atoms with van der Waals surface area (Å²) in [4.78, 5) is 4.31. The maximum atomic E-state index is 5.68. The SMILES string of the molecule is CC(C)(C)OCCOCc1nc2cc(N)ccc2o1. The van der Waals surface area contributed by atoms with Gasteiger partial charge in [0.2, 0.25) is 5.89 Å². The summed E-state index contributed by atoms with van der Waals surface area (Å²) in [5.41, 5.74) is 7.69. The van der Waals surface area contributed by atoms with Gasteiger partial charge in [-0.15, -0.1) is 0 Å². The maximum Gasteiger partial charge on any atom is 0.221 e. The minimum atomic E-state index is -0.140. The van der Waals surface area contributed by atoms with Gasteiger partial charge in [0.25, 0.3) is 0 Å². The van der Waals surface area contributed by atoms with Gasteiger partial charge in [-0.2, -0.15) is 0 Å². The number of aromatic nitrogens is 1. The van der Waals surface area contributed by atoms with Crippen molar-refractivity contribution in [3.8, 4) is 0 Å². The predicted octanol–water partition coefficient (Wildman–Crippen LogP) is 2.74. The molecule has 0 amide bonds. The summed E-state index contributed by atoms with van der Waals surface area (Å²) in [5, 5.41) is 0. The van der Waals surface area contributed by atoms with Crippen LogP contribution in [0.4, 0.5) is 5.69 Å². The van der Waals surface area contributed by atoms with E-state index in [1.165, 1.54) is 0 Å². The monoisotopic (exact) mass is 264 g/mol. The molecular formula is C14H20N2O3. The van der Waals surface area contributed by atoms with E-state index in [4.69, 9.17) is 19.6 Å². The molecule has 0 aliphatic rings. The molecule has 104 valence electrons. The summed E-state index contributed by atoms with van der Waals surface area (Å²) in [6, 6.07) is 5.38. The van der Waals surface area contributed by atoms with Crippen LogP contribution < -0.4 is 5.73 Å². The Balaban J connectivity index is 1.82. The first-order chi connectivity index (χ1) is 8.94. The number of rotatable bonds is 5. The quantitative estimate of drug-likeness (QED) is 0.664. The van der Waals surface area contributed by atoms with Crippen LogP contribution in [0.3, 0.4) is 0 Å². The molecular weight excluding hydrogens is 244 g/mol. The molecule has 1 aromatic carbocycles. The van der Waals surface area contributed by atoms with Gasteiger partial charge in [-0.05, 0) is 39.0 Å². The highest BCUT2D eigenvalue weighted by Gasteiger charge is 2.10. The second-order valence-corrected chi connectivity index (χ2v) is 5.35. The number of anilines is 1. The number of nitrogens with zero attached hydrogens (tertiary/aromatic N) is 1. The Labute approximate surface area is 112 Å². The van der Waals surface area contributed by atoms with Crippen LogP contribution >= 0.6 is 0 Å². The molecule has 2 N–H and O–H groups in total. The van der Waals surface area contributed by atoms with Crippen LogP contribution in [0.25, 0.3) is 11.1 Å². The lowest BCUT2D eigenvalue weighted by molar-refractivity contribution is -0.0398. The third kappa shape index (κ3) is 4.22. The molecule has 2 rings (SSSR count). The Kier molecular flexibility index (Phi) is 4.07. The largest absolute Gasteiger partial charge is 0.438 e. The Hall–Kier alpha value is -1.59. The summed E-state index contributed by atoms with van der Waals surface area (Å²) in [5.74, 6) is 0.552. The van der Waals surface area contributed by atoms with Crippen molar-refractivity contribution in [2.24, 2.45) is 0 Å². The van der Waals surface area contributed by atoms with Gasteiger partial charge >= 0.3 is 0 Å². The fraction of sp³-hybridized carbons (Fsp3) is 0.500. The molecule has 0 radical (unpaired) electrons. The summed E-state index contributed by atoms with van der Waals surface area (Å²) >= 11 is 0. The maximum absolute atomic E-state index is 5.68. The Morgan fingerprint density at radius 2 is 2.05 bits per heavy atom. The third-order valence-electron chi connectivity index (χ3n) is 2.44. The highest BCUT2D eigenvalue weighted by molar-refractivity contribution is 5.76. The summed E-state index contributed by atoms with van der Waals surface area (Å²) in [6.45, 7) is 7.44. The molecule has 0 saturated heterocycles. The van der Waals surface area contributed by atoms with E-state index in [1.54, 1.807) is 12.1 Å². The van der Waals surface area contributed by atoms with Crippen LogP contribution in [-0.2, 0) is 16.1 Å². The third-order valence-corrected chi connectivity index (χ3v) is 2.44. The van der Waals surface area contributed by atoms with Crippen LogP contribution in [0.1, 0.15) is 26.7 Å². The van der Waals surface area contributed by atoms with Gasteiger partial charge in [0, 0.05) is 5.69 Å². The molecule has 1 aromatic heterocycles. The molecule has 0 aliphatic heterocycles. The van der Waals surface area contributed by atoms with Gasteiger partial charge in [0.05, 0.1) is 18.8 Å². The molecule has 2 aromatic rings. The number of oxazole rings is 1. The highest BCUT2D eigenvalue weighted by atomic mass is 16.5. The molecule has 5 nitrogen and oxygen atoms in total. The first-order valence-electron chi connectivity index (χ1n) is 6.31. The van der Waals surface area contributed by atoms with Crippen LogP contribution in [0, 0.1) is 0 Å². The summed E-state index contributed by atoms with van der Waals surface area (Å²) < 4.78 is 16.5. The minimum Gasteiger partial charge on any atom is -0.438 e. The second-order valence-electron chi connectivity index (χ2n) is 5.35. The fourth-order valence-corrected chi connectivity index (χ4v) is 1.62. The van der Waals surface area contributed by atoms with Gasteiger partial charge in [0.1, 0.15) is 12.1 Å². The van der Waals surface area contributed by atoms with E-state index in [0.717, 1.165) is 11.1 Å². The van der Waals surface area contributed by atoms with Gasteiger partial charge in [0.15, 0.2) is 5.58 Å². The molecule has 5 heteroatoms. The standard InChI is InChI=1S/C14H20N2O3/c1-14(2,3)18-7-6-17-9-13-16-11-8-10(15)4-5-12(11)19-13/h4-5,8H,6-7,9,15H2,1-3H3. The van der Waals surface area contributed by atoms with E-state index in [9.17, 15) is 0 Å². The predicted molar refractivity (Wildman–Crippen MR) is 73.8 cm³/mol. The van der Waals surface area contributed by atoms with Crippen LogP contribution in [0.5, 0.6) is 0 Å². The van der Waals surface area contributed by atoms with E-state index in [0.29, 0.717) is 31.4 Å². The van der Waals surface area contributed by atoms with Crippen molar-refractivity contribution in [2.45, 2.75) is 33.0 Å². The number of ether oxygens (including phenoxy) is 2. The zero-order chi connectivity index (χ0) is 13.9. The number of nitrogens with two attached hydrogens (primary N) is 1. The van der Waals surface area contributed by atoms with Gasteiger partial charge in [-0.3, -0.25) is 0 Å². The highest BCUT2D eigenvalue weighted by Crippen LogP contribution is 2.18. The van der Waals surface area contributed by atoms with Crippen molar-refractivity contribution >= 4 is 16.8 Å². The lowest BCUT2D eigenvalue weighted by Gasteiger charge is -2.19. The average molecular weight is 264 g/mol. The number of nitrogen functional groups attached to an aromatic ring is 1. The molecule has 0 spiro atoms. The van der Waals surface area contributed by atoms with E-state index < -0.39 is 0 Å². The number of hydrogen-bond donors (Lipinski definition) is 1. The van der Waals surface area contributed by atoms with E-state index in [2.05, 4.69) is 4.98 Å². The fourth-order valence-electron chi connectivity index (χ4n) is 1.62. The second kappa shape index (κ2) is 5.59. The van der Waals surface area contributed by atoms with E-state index in [1.807, 2.05) is 26.8 Å². The number of hydrogen-bond acceptors (Lipinski definition) is 5. The molecule has 1 heterocycles. The Morgan fingerprint density at radius 3 is 2.79 bits per heavy atom. The lowest BCUT2D eigenvalue weighted by Crippen LogP contribution is -2.21. The van der Waals surface area contributed by atoms with Crippen LogP contribution in [0.2, 0.25) is 0 Å². The molecule has 19 heavy (non-hydrogen) atoms. The van der Waals surface area contributed by atoms with Gasteiger partial charge in [-0.1, -0.05) is 0 Å². The van der Waals surface area contributed by atoms with Crippen molar-refractivity contribution in [3.05, 3.63) is 24.1 Å². The number of benzene rings is 1. The zero-order valence-electron chi connectivity index (χ0n) is 11.6. The summed E-state index contributed by atoms with van der Waals surface area (Å²) in [7, 11) is 0. The molecule has 0 atom stereocenters. The van der Waals surface area contributed by atoms with E-state index >= 15 is 0 Å². The van der Waals surface area contributed by atoms with Crippen molar-refractivity contribution in [1.29, 1.82) is 0 Å². The lowest BCUT2D eigenvalue weighted by atomic mass is 10.2. The normalized spacial score (nSPS) is 12.2. The molecule has 0 unspecified atom stereocenters. The first-order valence-corrected chi connectivity index (χ1v) is 6.31. The molecule has 0 bridgehead atoms. The zero-order valence-corrected chi connectivity index (χ0v) is 11.6. The van der Waals surface area contributed by atoms with Crippen molar-refractivity contribution < 1.29 is 13.9 Å². The topological polar surface area (TPSA) is 70.5 Å². The van der Waals surface area contributed by atoms with Crippen molar-refractivity contribution in [2.75, 3.05) is 18.9 Å². The minimum absolute atomic E-state index is 0.140. The Morgan fingerprint density at radius 1 is 1.26 bits per heavy atom. The van der Waals surface area contributed by atoms with Crippen molar-refractivity contribution in [1.82, 2.24) is 4.98 Å². The van der Waals surface area contributed by atoms with Crippen LogP contribution in [0.15, 0.2) is 22.6 Å². The van der Waals surface area contributed by atoms with Crippen molar-refractivity contribution in [3.63, 3.8) is 0 Å². The molecule has 0 fully saturated rings. The van der Waals surface area contributed by atoms with Crippen LogP contribution in [-0.4, -0.2) is 23.8 Å². The smallest absolute Gasteiger partial charge is 0.221 e. The molecule has 0 aliphatic carbocycles. The van der Waals surface area contributed by atoms with Gasteiger partial charge in [-0.25, -0.2) is 4.98 Å². The Bertz CT molecular complexity index is 543. The number of fused-ring (bicyclic) bond motifs is 1. The van der Waals surface area contributed by atoms with E-state index in [-0.39, 0.29) is 5.60 Å². The molecule has 0 saturated carbocycles. The van der Waals surface area contributed by atoms with Gasteiger partial charge < -0.3 is 19.6 Å².